The number of thioether (sulfide) groups is 1. The molecule has 224 valence electrons. The van der Waals surface area contributed by atoms with Crippen LogP contribution in [0.15, 0.2) is 82.6 Å². The van der Waals surface area contributed by atoms with Gasteiger partial charge in [-0.05, 0) is 67.9 Å². The molecule has 3 aromatic carbocycles. The number of esters is 1. The largest absolute Gasteiger partial charge is 0.462 e. The van der Waals surface area contributed by atoms with Crippen LogP contribution in [0.5, 0.6) is 0 Å². The Balaban J connectivity index is 1.33. The van der Waals surface area contributed by atoms with Crippen molar-refractivity contribution in [3.05, 3.63) is 110 Å². The summed E-state index contributed by atoms with van der Waals surface area (Å²) in [5, 5.41) is 2.30. The van der Waals surface area contributed by atoms with Crippen LogP contribution in [-0.2, 0) is 25.7 Å². The molecule has 1 fully saturated rings. The van der Waals surface area contributed by atoms with Gasteiger partial charge in [-0.2, -0.15) is 0 Å². The zero-order valence-corrected chi connectivity index (χ0v) is 25.2. The summed E-state index contributed by atoms with van der Waals surface area (Å²) in [6, 6.07) is 18.9. The van der Waals surface area contributed by atoms with Crippen LogP contribution in [-0.4, -0.2) is 40.1 Å². The van der Waals surface area contributed by atoms with E-state index in [0.717, 1.165) is 28.7 Å². The Morgan fingerprint density at radius 1 is 0.932 bits per heavy atom. The van der Waals surface area contributed by atoms with Gasteiger partial charge in [0.1, 0.15) is 17.6 Å². The lowest BCUT2D eigenvalue weighted by Gasteiger charge is -2.30. The highest BCUT2D eigenvalue weighted by molar-refractivity contribution is 8.00. The minimum absolute atomic E-state index is 0.239. The van der Waals surface area contributed by atoms with Gasteiger partial charge in [-0.3, -0.25) is 23.7 Å². The number of hydrogen-bond acceptors (Lipinski definition) is 8. The molecule has 12 heteroatoms. The molecule has 0 aliphatic carbocycles. The quantitative estimate of drug-likeness (QED) is 0.226. The number of benzene rings is 3. The van der Waals surface area contributed by atoms with Crippen LogP contribution in [0.1, 0.15) is 39.2 Å². The number of imide groups is 1. The molecule has 2 aliphatic heterocycles. The number of thiazole rings is 1. The smallest absolute Gasteiger partial charge is 0.338 e. The molecule has 0 bridgehead atoms. The second kappa shape index (κ2) is 11.9. The fourth-order valence-corrected chi connectivity index (χ4v) is 8.25. The zero-order chi connectivity index (χ0) is 31.1. The van der Waals surface area contributed by atoms with E-state index in [0.29, 0.717) is 32.4 Å². The van der Waals surface area contributed by atoms with Crippen molar-refractivity contribution < 1.29 is 28.3 Å². The zero-order valence-electron chi connectivity index (χ0n) is 23.6. The molecular formula is C32H26FN3O6S2. The van der Waals surface area contributed by atoms with Gasteiger partial charge in [0.25, 0.3) is 0 Å². The number of ether oxygens (including phenoxy) is 1. The lowest BCUT2D eigenvalue weighted by molar-refractivity contribution is -0.122. The Hall–Kier alpha value is -4.55. The summed E-state index contributed by atoms with van der Waals surface area (Å²) in [6.07, 6.45) is 0. The summed E-state index contributed by atoms with van der Waals surface area (Å²) in [5.74, 6) is -3.76. The number of hydrogen-bond donors (Lipinski definition) is 1. The SMILES string of the molecule is CCOC(=O)c1ccc(NC(=O)Cn2c3c(sc2=O)[C@@H](c2ccc(F)cc2)C2C(=O)N(c4ccc(C)cc4)C(=O)C2S3)cc1. The van der Waals surface area contributed by atoms with Crippen LogP contribution in [0.4, 0.5) is 15.8 Å². The van der Waals surface area contributed by atoms with Crippen molar-refractivity contribution in [2.24, 2.45) is 5.92 Å². The van der Waals surface area contributed by atoms with Crippen molar-refractivity contribution in [1.29, 1.82) is 0 Å². The van der Waals surface area contributed by atoms with Gasteiger partial charge < -0.3 is 10.1 Å². The van der Waals surface area contributed by atoms with E-state index >= 15 is 0 Å². The maximum Gasteiger partial charge on any atom is 0.338 e. The van der Waals surface area contributed by atoms with Crippen LogP contribution in [0.25, 0.3) is 0 Å². The van der Waals surface area contributed by atoms with Crippen molar-refractivity contribution >= 4 is 58.2 Å². The summed E-state index contributed by atoms with van der Waals surface area (Å²) in [4.78, 5) is 67.4. The third-order valence-electron chi connectivity index (χ3n) is 7.55. The van der Waals surface area contributed by atoms with Gasteiger partial charge in [-0.25, -0.2) is 14.1 Å². The van der Waals surface area contributed by atoms with Crippen LogP contribution >= 0.6 is 23.1 Å². The Morgan fingerprint density at radius 2 is 1.61 bits per heavy atom. The van der Waals surface area contributed by atoms with Crippen LogP contribution in [0.3, 0.4) is 0 Å². The molecular weight excluding hydrogens is 605 g/mol. The van der Waals surface area contributed by atoms with Gasteiger partial charge in [-0.15, -0.1) is 0 Å². The Morgan fingerprint density at radius 3 is 2.27 bits per heavy atom. The van der Waals surface area contributed by atoms with Crippen molar-refractivity contribution in [2.45, 2.75) is 36.6 Å². The van der Waals surface area contributed by atoms with Crippen molar-refractivity contribution in [1.82, 2.24) is 4.57 Å². The highest BCUT2D eigenvalue weighted by atomic mass is 32.2. The lowest BCUT2D eigenvalue weighted by Crippen LogP contribution is -2.33. The first-order chi connectivity index (χ1) is 21.2. The molecule has 0 saturated carbocycles. The molecule has 1 N–H and O–H groups in total. The molecule has 0 spiro atoms. The number of aromatic nitrogens is 1. The number of rotatable bonds is 7. The van der Waals surface area contributed by atoms with E-state index in [1.807, 2.05) is 19.1 Å². The molecule has 0 radical (unpaired) electrons. The molecule has 4 aromatic rings. The molecule has 1 saturated heterocycles. The molecule has 9 nitrogen and oxygen atoms in total. The van der Waals surface area contributed by atoms with Gasteiger partial charge >= 0.3 is 10.8 Å². The van der Waals surface area contributed by atoms with Crippen molar-refractivity contribution in [3.8, 4) is 0 Å². The van der Waals surface area contributed by atoms with Gasteiger partial charge in [0.05, 0.1) is 28.8 Å². The van der Waals surface area contributed by atoms with Crippen molar-refractivity contribution in [2.75, 3.05) is 16.8 Å². The second-order valence-corrected chi connectivity index (χ2v) is 12.5. The number of carbonyl (C=O) groups excluding carboxylic acids is 4. The number of anilines is 2. The molecule has 1 aromatic heterocycles. The average molecular weight is 632 g/mol. The van der Waals surface area contributed by atoms with E-state index in [4.69, 9.17) is 4.74 Å². The molecule has 3 atom stereocenters. The van der Waals surface area contributed by atoms with Crippen LogP contribution < -0.4 is 15.1 Å². The maximum absolute atomic E-state index is 13.9. The monoisotopic (exact) mass is 631 g/mol. The average Bonchev–Trinajstić information content (AvgIpc) is 3.45. The first-order valence-electron chi connectivity index (χ1n) is 13.8. The molecule has 6 rings (SSSR count). The van der Waals surface area contributed by atoms with E-state index in [9.17, 15) is 28.4 Å². The fourth-order valence-electron chi connectivity index (χ4n) is 5.48. The molecule has 44 heavy (non-hydrogen) atoms. The molecule has 2 aliphatic rings. The molecule has 3 amide bonds. The topological polar surface area (TPSA) is 115 Å². The predicted molar refractivity (Wildman–Crippen MR) is 165 cm³/mol. The van der Waals surface area contributed by atoms with Crippen molar-refractivity contribution in [3.63, 3.8) is 0 Å². The Kier molecular flexibility index (Phi) is 7.95. The fraction of sp³-hybridized carbons (Fsp3) is 0.219. The van der Waals surface area contributed by atoms with E-state index < -0.39 is 51.5 Å². The Labute approximate surface area is 259 Å². The third-order valence-corrected chi connectivity index (χ3v) is 10.2. The van der Waals surface area contributed by atoms with Crippen LogP contribution in [0, 0.1) is 18.7 Å². The maximum atomic E-state index is 13.9. The first kappa shape index (κ1) is 29.5. The number of halogens is 1. The number of nitrogens with zero attached hydrogens (tertiary/aromatic N) is 2. The second-order valence-electron chi connectivity index (χ2n) is 10.4. The number of nitrogens with one attached hydrogen (secondary N) is 1. The number of amides is 3. The number of fused-ring (bicyclic) bond motifs is 2. The Bertz CT molecular complexity index is 1830. The summed E-state index contributed by atoms with van der Waals surface area (Å²) < 4.78 is 20.2. The standard InChI is InChI=1S/C32H26FN3O6S2/c1-3-42-31(40)19-8-12-21(13-9-19)34-23(37)16-35-30-27(44-32(35)41)24(18-6-10-20(33)11-7-18)25-26(43-30)29(39)36(28(25)38)22-14-4-17(2)5-15-22/h4-15,24-26H,3,16H2,1-2H3,(H,34,37)/t24-,25?,26?/m0/s1. The predicted octanol–water partition coefficient (Wildman–Crippen LogP) is 4.97. The van der Waals surface area contributed by atoms with E-state index in [1.54, 1.807) is 43.3 Å². The summed E-state index contributed by atoms with van der Waals surface area (Å²) in [5.41, 5.74) is 2.77. The van der Waals surface area contributed by atoms with E-state index in [2.05, 4.69) is 5.32 Å². The minimum atomic E-state index is -0.856. The number of aryl methyl sites for hydroxylation is 1. The summed E-state index contributed by atoms with van der Waals surface area (Å²) >= 11 is 2.02. The molecule has 3 heterocycles. The van der Waals surface area contributed by atoms with Crippen LogP contribution in [0.2, 0.25) is 0 Å². The van der Waals surface area contributed by atoms with Gasteiger partial charge in [0.2, 0.25) is 17.7 Å². The third kappa shape index (κ3) is 5.35. The summed E-state index contributed by atoms with van der Waals surface area (Å²) in [6.45, 7) is 3.51. The van der Waals surface area contributed by atoms with E-state index in [1.165, 1.54) is 33.7 Å². The normalized spacial score (nSPS) is 19.0. The van der Waals surface area contributed by atoms with Gasteiger partial charge in [0, 0.05) is 16.5 Å². The first-order valence-corrected chi connectivity index (χ1v) is 15.5. The highest BCUT2D eigenvalue weighted by Crippen LogP contribution is 2.53. The van der Waals surface area contributed by atoms with Gasteiger partial charge in [-0.1, -0.05) is 52.9 Å². The lowest BCUT2D eigenvalue weighted by atomic mass is 9.83. The van der Waals surface area contributed by atoms with E-state index in [-0.39, 0.29) is 13.2 Å². The number of carbonyl (C=O) groups is 4. The molecule has 2 unspecified atom stereocenters. The highest BCUT2D eigenvalue weighted by Gasteiger charge is 2.56. The minimum Gasteiger partial charge on any atom is -0.462 e. The van der Waals surface area contributed by atoms with Gasteiger partial charge in [0.15, 0.2) is 0 Å². The summed E-state index contributed by atoms with van der Waals surface area (Å²) in [7, 11) is 0.